The Bertz CT molecular complexity index is 1080. The molecule has 0 aromatic rings. The highest BCUT2D eigenvalue weighted by atomic mass is 16.7. The summed E-state index contributed by atoms with van der Waals surface area (Å²) in [5.74, 6) is -2.27. The van der Waals surface area contributed by atoms with E-state index in [0.717, 1.165) is 32.1 Å². The summed E-state index contributed by atoms with van der Waals surface area (Å²) in [5, 5.41) is 79.6. The predicted molar refractivity (Wildman–Crippen MR) is 179 cm³/mol. The number of rotatable bonds is 16. The van der Waals surface area contributed by atoms with Gasteiger partial charge in [-0.3, -0.25) is 10.1 Å². The summed E-state index contributed by atoms with van der Waals surface area (Å²) in [7, 11) is 0. The van der Waals surface area contributed by atoms with Crippen LogP contribution in [-0.4, -0.2) is 153 Å². The van der Waals surface area contributed by atoms with Gasteiger partial charge in [0.2, 0.25) is 5.91 Å². The number of carboxylic acids is 1. The van der Waals surface area contributed by atoms with Gasteiger partial charge in [-0.15, -0.1) is 0 Å². The van der Waals surface area contributed by atoms with Crippen molar-refractivity contribution in [2.24, 2.45) is 23.5 Å². The van der Waals surface area contributed by atoms with Crippen LogP contribution in [0.15, 0.2) is 0 Å². The third-order valence-electron chi connectivity index (χ3n) is 10.8. The highest BCUT2D eigenvalue weighted by Crippen LogP contribution is 2.40. The largest absolute Gasteiger partial charge is 0.479 e. The highest BCUT2D eigenvalue weighted by molar-refractivity contribution is 5.78. The smallest absolute Gasteiger partial charge is 0.332 e. The van der Waals surface area contributed by atoms with Gasteiger partial charge >= 0.3 is 5.97 Å². The molecule has 0 aromatic carbocycles. The van der Waals surface area contributed by atoms with Crippen LogP contribution in [0.4, 0.5) is 0 Å². The quantitative estimate of drug-likeness (QED) is 0.0790. The van der Waals surface area contributed by atoms with E-state index in [1.54, 1.807) is 0 Å². The molecule has 4 aliphatic rings. The maximum atomic E-state index is 13.3. The summed E-state index contributed by atoms with van der Waals surface area (Å²) in [4.78, 5) is 25.8. The summed E-state index contributed by atoms with van der Waals surface area (Å²) in [6, 6.07) is -1.17. The molecule has 0 radical (unpaired) electrons. The molecule has 17 nitrogen and oxygen atoms in total. The lowest BCUT2D eigenvalue weighted by Gasteiger charge is -2.49. The van der Waals surface area contributed by atoms with Crippen LogP contribution in [-0.2, 0) is 33.3 Å². The number of hydrogen-bond donors (Lipinski definition) is 10. The van der Waals surface area contributed by atoms with E-state index in [2.05, 4.69) is 10.6 Å². The van der Waals surface area contributed by atoms with Gasteiger partial charge in [0.05, 0.1) is 31.0 Å². The molecule has 17 heteroatoms. The van der Waals surface area contributed by atoms with E-state index in [9.17, 15) is 45.3 Å². The van der Waals surface area contributed by atoms with E-state index in [1.807, 2.05) is 6.92 Å². The molecule has 2 saturated heterocycles. The molecule has 4 fully saturated rings. The monoisotopic (exact) mass is 735 g/mol. The van der Waals surface area contributed by atoms with Crippen LogP contribution in [0, 0.1) is 17.8 Å². The van der Waals surface area contributed by atoms with Gasteiger partial charge in [0, 0.05) is 19.0 Å². The predicted octanol–water partition coefficient (Wildman–Crippen LogP) is -1.72. The Morgan fingerprint density at radius 2 is 1.65 bits per heavy atom. The standard InChI is InChI=1S/C34H61N3O14/c1-4-19-13-20(31(44)36-11-10-35)14-21(29(19)51-34-28(43)27(42)25(40)16(2)47-34)49-33-24(37-17(3)39)30(26(41)23(15-38)50-33)48-22(32(45)46)12-18-8-6-5-7-9-18/h16-30,33-34,37-43H,4-15,35H2,1-3H3,(H,36,44)(H,45,46)/t16-,17?,19?,20?,21+,22-,23?,24?,25?,26-,27?,28-,29?,30?,33+,34?/m0/s1. The first-order chi connectivity index (χ1) is 24.3. The van der Waals surface area contributed by atoms with Crippen molar-refractivity contribution in [2.75, 3.05) is 19.7 Å². The van der Waals surface area contributed by atoms with Gasteiger partial charge in [-0.1, -0.05) is 45.4 Å². The van der Waals surface area contributed by atoms with Gasteiger partial charge in [0.15, 0.2) is 18.7 Å². The van der Waals surface area contributed by atoms with Crippen LogP contribution >= 0.6 is 0 Å². The second-order valence-corrected chi connectivity index (χ2v) is 14.6. The molecule has 4 rings (SSSR count). The van der Waals surface area contributed by atoms with Gasteiger partial charge < -0.3 is 70.5 Å². The van der Waals surface area contributed by atoms with Crippen molar-refractivity contribution >= 4 is 11.9 Å². The van der Waals surface area contributed by atoms with E-state index < -0.39 is 104 Å². The molecule has 296 valence electrons. The average Bonchev–Trinajstić information content (AvgIpc) is 3.11. The second kappa shape index (κ2) is 19.7. The zero-order valence-electron chi connectivity index (χ0n) is 29.9. The van der Waals surface area contributed by atoms with Gasteiger partial charge in [-0.2, -0.15) is 0 Å². The number of nitrogens with one attached hydrogen (secondary N) is 2. The van der Waals surface area contributed by atoms with Crippen molar-refractivity contribution in [3.8, 4) is 0 Å². The first kappa shape index (κ1) is 42.2. The molecule has 0 bridgehead atoms. The van der Waals surface area contributed by atoms with Crippen molar-refractivity contribution in [3.05, 3.63) is 0 Å². The molecule has 0 aromatic heterocycles. The van der Waals surface area contributed by atoms with Crippen LogP contribution in [0.1, 0.15) is 78.6 Å². The van der Waals surface area contributed by atoms with Crippen LogP contribution in [0.25, 0.3) is 0 Å². The van der Waals surface area contributed by atoms with Crippen molar-refractivity contribution in [3.63, 3.8) is 0 Å². The number of nitrogens with two attached hydrogens (primary N) is 1. The van der Waals surface area contributed by atoms with Gasteiger partial charge in [-0.25, -0.2) is 4.79 Å². The van der Waals surface area contributed by atoms with Crippen LogP contribution in [0.5, 0.6) is 0 Å². The van der Waals surface area contributed by atoms with E-state index in [-0.39, 0.29) is 43.7 Å². The number of aliphatic hydroxyl groups excluding tert-OH is 6. The van der Waals surface area contributed by atoms with Crippen molar-refractivity contribution in [1.82, 2.24) is 10.6 Å². The normalized spacial score (nSPS) is 40.7. The molecule has 2 heterocycles. The zero-order valence-corrected chi connectivity index (χ0v) is 29.9. The molecule has 2 aliphatic heterocycles. The average molecular weight is 736 g/mol. The summed E-state index contributed by atoms with van der Waals surface area (Å²) in [5.41, 5.74) is 5.62. The fraction of sp³-hybridized carbons (Fsp3) is 0.941. The van der Waals surface area contributed by atoms with E-state index >= 15 is 0 Å². The SMILES string of the molecule is CCC1CC(C(=O)NCCN)C[C@@H](O[C@@H]2OC(CO)[C@H](O)C(O[C@@H](CC3CCCCC3)C(=O)O)C2NC(C)O)C1OC1O[C@@H](C)C(O)C(O)[C@@H]1O. The number of aliphatic hydroxyl groups is 6. The first-order valence-electron chi connectivity index (χ1n) is 18.5. The third kappa shape index (κ3) is 10.8. The number of carboxylic acid groups (broad SMARTS) is 1. The summed E-state index contributed by atoms with van der Waals surface area (Å²) in [6.07, 6.45) is -10.7. The fourth-order valence-corrected chi connectivity index (χ4v) is 7.98. The Kier molecular flexibility index (Phi) is 16.3. The molecule has 16 atom stereocenters. The van der Waals surface area contributed by atoms with Crippen molar-refractivity contribution < 1.29 is 69.0 Å². The maximum absolute atomic E-state index is 13.3. The Labute approximate surface area is 299 Å². The topological polar surface area (TPSA) is 272 Å². The number of ether oxygens (including phenoxy) is 5. The lowest BCUT2D eigenvalue weighted by Crippen LogP contribution is -2.67. The number of hydrogen-bond acceptors (Lipinski definition) is 15. The van der Waals surface area contributed by atoms with Gasteiger partial charge in [0.25, 0.3) is 0 Å². The summed E-state index contributed by atoms with van der Waals surface area (Å²) in [6.45, 7) is 4.67. The van der Waals surface area contributed by atoms with Crippen molar-refractivity contribution in [2.45, 2.75) is 164 Å². The molecule has 2 saturated carbocycles. The Morgan fingerprint density at radius 3 is 2.25 bits per heavy atom. The van der Waals surface area contributed by atoms with Crippen molar-refractivity contribution in [1.29, 1.82) is 0 Å². The van der Waals surface area contributed by atoms with E-state index in [4.69, 9.17) is 29.4 Å². The minimum Gasteiger partial charge on any atom is -0.479 e. The first-order valence-corrected chi connectivity index (χ1v) is 18.5. The van der Waals surface area contributed by atoms with Gasteiger partial charge in [0.1, 0.15) is 42.9 Å². The van der Waals surface area contributed by atoms with Crippen LogP contribution < -0.4 is 16.4 Å². The Morgan fingerprint density at radius 1 is 0.941 bits per heavy atom. The number of aliphatic carboxylic acids is 1. The third-order valence-corrected chi connectivity index (χ3v) is 10.8. The minimum absolute atomic E-state index is 0.0830. The molecule has 2 aliphatic carbocycles. The zero-order chi connectivity index (χ0) is 37.4. The minimum atomic E-state index is -1.61. The fourth-order valence-electron chi connectivity index (χ4n) is 7.98. The number of amides is 1. The Balaban J connectivity index is 1.66. The second-order valence-electron chi connectivity index (χ2n) is 14.6. The maximum Gasteiger partial charge on any atom is 0.332 e. The summed E-state index contributed by atoms with van der Waals surface area (Å²) < 4.78 is 31.0. The van der Waals surface area contributed by atoms with Gasteiger partial charge in [-0.05, 0) is 44.9 Å². The molecule has 11 N–H and O–H groups in total. The van der Waals surface area contributed by atoms with E-state index in [0.29, 0.717) is 12.8 Å². The highest BCUT2D eigenvalue weighted by Gasteiger charge is 2.52. The molecule has 10 unspecified atom stereocenters. The van der Waals surface area contributed by atoms with Crippen LogP contribution in [0.2, 0.25) is 0 Å². The lowest BCUT2D eigenvalue weighted by atomic mass is 9.75. The lowest BCUT2D eigenvalue weighted by molar-refractivity contribution is -0.339. The van der Waals surface area contributed by atoms with E-state index in [1.165, 1.54) is 13.8 Å². The molecule has 1 amide bonds. The molecular weight excluding hydrogens is 674 g/mol. The Hall–Kier alpha value is -1.58. The summed E-state index contributed by atoms with van der Waals surface area (Å²) >= 11 is 0. The number of carbonyl (C=O) groups is 2. The number of carbonyl (C=O) groups excluding carboxylic acids is 1. The molecule has 51 heavy (non-hydrogen) atoms. The van der Waals surface area contributed by atoms with Crippen LogP contribution in [0.3, 0.4) is 0 Å². The molecule has 0 spiro atoms. The molecular formula is C34H61N3O14.